The van der Waals surface area contributed by atoms with Crippen molar-refractivity contribution in [1.82, 2.24) is 4.90 Å². The van der Waals surface area contributed by atoms with Crippen LogP contribution in [0.3, 0.4) is 0 Å². The van der Waals surface area contributed by atoms with Crippen LogP contribution in [0.5, 0.6) is 0 Å². The van der Waals surface area contributed by atoms with Gasteiger partial charge in [-0.2, -0.15) is 0 Å². The second-order valence-corrected chi connectivity index (χ2v) is 5.60. The Morgan fingerprint density at radius 3 is 2.38 bits per heavy atom. The molecule has 1 saturated carbocycles. The van der Waals surface area contributed by atoms with Crippen LogP contribution in [0.2, 0.25) is 0 Å². The van der Waals surface area contributed by atoms with E-state index in [-0.39, 0.29) is 11.3 Å². The van der Waals surface area contributed by atoms with Crippen molar-refractivity contribution in [1.29, 1.82) is 0 Å². The fraction of sp³-hybridized carbons (Fsp3) is 0.923. The highest BCUT2D eigenvalue weighted by Gasteiger charge is 2.41. The SMILES string of the molecule is CC(C)CCN(C)C(=O)C1(CN)CCCC1. The zero-order chi connectivity index (χ0) is 12.2. The maximum absolute atomic E-state index is 12.4. The van der Waals surface area contributed by atoms with Gasteiger partial charge in [-0.25, -0.2) is 0 Å². The molecule has 3 nitrogen and oxygen atoms in total. The van der Waals surface area contributed by atoms with Crippen molar-refractivity contribution >= 4 is 5.91 Å². The van der Waals surface area contributed by atoms with Crippen molar-refractivity contribution in [2.75, 3.05) is 20.1 Å². The minimum Gasteiger partial charge on any atom is -0.345 e. The van der Waals surface area contributed by atoms with Gasteiger partial charge in [0.15, 0.2) is 0 Å². The van der Waals surface area contributed by atoms with E-state index in [2.05, 4.69) is 13.8 Å². The molecule has 1 aliphatic carbocycles. The molecule has 0 aromatic heterocycles. The minimum atomic E-state index is -0.230. The number of rotatable bonds is 5. The van der Waals surface area contributed by atoms with E-state index in [1.54, 1.807) is 0 Å². The predicted octanol–water partition coefficient (Wildman–Crippen LogP) is 2.01. The van der Waals surface area contributed by atoms with Crippen molar-refractivity contribution in [3.63, 3.8) is 0 Å². The molecule has 0 spiro atoms. The summed E-state index contributed by atoms with van der Waals surface area (Å²) in [6, 6.07) is 0. The Morgan fingerprint density at radius 1 is 1.38 bits per heavy atom. The molecular weight excluding hydrogens is 200 g/mol. The van der Waals surface area contributed by atoms with Crippen LogP contribution in [0.15, 0.2) is 0 Å². The average Bonchev–Trinajstić information content (AvgIpc) is 2.74. The van der Waals surface area contributed by atoms with E-state index in [1.807, 2.05) is 11.9 Å². The van der Waals surface area contributed by atoms with Crippen LogP contribution in [-0.4, -0.2) is 30.9 Å². The van der Waals surface area contributed by atoms with Gasteiger partial charge in [-0.3, -0.25) is 4.79 Å². The summed E-state index contributed by atoms with van der Waals surface area (Å²) in [5.41, 5.74) is 5.59. The number of amides is 1. The number of nitrogens with zero attached hydrogens (tertiary/aromatic N) is 1. The molecule has 0 aromatic rings. The normalized spacial score (nSPS) is 19.1. The Morgan fingerprint density at radius 2 is 1.94 bits per heavy atom. The van der Waals surface area contributed by atoms with Gasteiger partial charge < -0.3 is 10.6 Å². The standard InChI is InChI=1S/C13H26N2O/c1-11(2)6-9-15(3)12(16)13(10-14)7-4-5-8-13/h11H,4-10,14H2,1-3H3. The van der Waals surface area contributed by atoms with E-state index in [0.717, 1.165) is 38.6 Å². The number of carbonyl (C=O) groups excluding carboxylic acids is 1. The van der Waals surface area contributed by atoms with Crippen molar-refractivity contribution in [3.8, 4) is 0 Å². The van der Waals surface area contributed by atoms with Crippen LogP contribution in [0.4, 0.5) is 0 Å². The molecule has 1 fully saturated rings. The van der Waals surface area contributed by atoms with Gasteiger partial charge in [0, 0.05) is 20.1 Å². The highest BCUT2D eigenvalue weighted by Crippen LogP contribution is 2.38. The smallest absolute Gasteiger partial charge is 0.229 e. The van der Waals surface area contributed by atoms with Crippen LogP contribution < -0.4 is 5.73 Å². The number of nitrogens with two attached hydrogens (primary N) is 1. The van der Waals surface area contributed by atoms with Gasteiger partial charge in [0.05, 0.1) is 5.41 Å². The fourth-order valence-corrected chi connectivity index (χ4v) is 2.52. The summed E-state index contributed by atoms with van der Waals surface area (Å²) in [5, 5.41) is 0. The van der Waals surface area contributed by atoms with Crippen molar-refractivity contribution in [2.45, 2.75) is 46.0 Å². The maximum Gasteiger partial charge on any atom is 0.229 e. The van der Waals surface area contributed by atoms with Gasteiger partial charge in [0.25, 0.3) is 0 Å². The monoisotopic (exact) mass is 226 g/mol. The molecule has 0 saturated heterocycles. The highest BCUT2D eigenvalue weighted by molar-refractivity contribution is 5.83. The van der Waals surface area contributed by atoms with Crippen molar-refractivity contribution in [3.05, 3.63) is 0 Å². The zero-order valence-electron chi connectivity index (χ0n) is 11.0. The molecule has 1 aliphatic rings. The van der Waals surface area contributed by atoms with E-state index >= 15 is 0 Å². The molecular formula is C13H26N2O. The minimum absolute atomic E-state index is 0.230. The van der Waals surface area contributed by atoms with Gasteiger partial charge in [0.1, 0.15) is 0 Å². The molecule has 0 bridgehead atoms. The highest BCUT2D eigenvalue weighted by atomic mass is 16.2. The van der Waals surface area contributed by atoms with Crippen LogP contribution >= 0.6 is 0 Å². The van der Waals surface area contributed by atoms with Crippen molar-refractivity contribution < 1.29 is 4.79 Å². The number of carbonyl (C=O) groups is 1. The summed E-state index contributed by atoms with van der Waals surface area (Å²) in [4.78, 5) is 14.2. The first-order valence-corrected chi connectivity index (χ1v) is 6.47. The lowest BCUT2D eigenvalue weighted by molar-refractivity contribution is -0.140. The van der Waals surface area contributed by atoms with Crippen LogP contribution in [0.1, 0.15) is 46.0 Å². The first-order chi connectivity index (χ1) is 7.52. The molecule has 1 rings (SSSR count). The summed E-state index contributed by atoms with van der Waals surface area (Å²) < 4.78 is 0. The van der Waals surface area contributed by atoms with E-state index in [9.17, 15) is 4.79 Å². The first kappa shape index (κ1) is 13.5. The average molecular weight is 226 g/mol. The lowest BCUT2D eigenvalue weighted by atomic mass is 9.84. The van der Waals surface area contributed by atoms with Gasteiger partial charge in [-0.1, -0.05) is 26.7 Å². The van der Waals surface area contributed by atoms with Crippen LogP contribution in [0.25, 0.3) is 0 Å². The second kappa shape index (κ2) is 5.67. The molecule has 0 atom stereocenters. The predicted molar refractivity (Wildman–Crippen MR) is 67.0 cm³/mol. The third kappa shape index (κ3) is 2.97. The van der Waals surface area contributed by atoms with E-state index < -0.39 is 0 Å². The topological polar surface area (TPSA) is 46.3 Å². The molecule has 0 aromatic carbocycles. The molecule has 1 amide bonds. The Hall–Kier alpha value is -0.570. The van der Waals surface area contributed by atoms with Gasteiger partial charge in [0.2, 0.25) is 5.91 Å². The summed E-state index contributed by atoms with van der Waals surface area (Å²) in [7, 11) is 1.92. The molecule has 2 N–H and O–H groups in total. The Bertz CT molecular complexity index is 232. The molecule has 3 heteroatoms. The number of hydrogen-bond acceptors (Lipinski definition) is 2. The molecule has 16 heavy (non-hydrogen) atoms. The van der Waals surface area contributed by atoms with Gasteiger partial charge >= 0.3 is 0 Å². The molecule has 94 valence electrons. The van der Waals surface area contributed by atoms with Crippen molar-refractivity contribution in [2.24, 2.45) is 17.1 Å². The zero-order valence-corrected chi connectivity index (χ0v) is 11.0. The van der Waals surface area contributed by atoms with Gasteiger partial charge in [-0.15, -0.1) is 0 Å². The lowest BCUT2D eigenvalue weighted by Crippen LogP contribution is -2.45. The molecule has 0 heterocycles. The largest absolute Gasteiger partial charge is 0.345 e. The summed E-state index contributed by atoms with van der Waals surface area (Å²) in [6.45, 7) is 5.75. The Balaban J connectivity index is 2.54. The summed E-state index contributed by atoms with van der Waals surface area (Å²) in [6.07, 6.45) is 5.34. The summed E-state index contributed by atoms with van der Waals surface area (Å²) >= 11 is 0. The van der Waals surface area contributed by atoms with E-state index in [1.165, 1.54) is 0 Å². The molecule has 0 unspecified atom stereocenters. The van der Waals surface area contributed by atoms with E-state index in [0.29, 0.717) is 12.5 Å². The molecule has 0 radical (unpaired) electrons. The summed E-state index contributed by atoms with van der Waals surface area (Å²) in [5.74, 6) is 0.917. The lowest BCUT2D eigenvalue weighted by Gasteiger charge is -2.31. The number of hydrogen-bond donors (Lipinski definition) is 1. The third-order valence-electron chi connectivity index (χ3n) is 3.79. The third-order valence-corrected chi connectivity index (χ3v) is 3.79. The van der Waals surface area contributed by atoms with Crippen LogP contribution in [-0.2, 0) is 4.79 Å². The Kier molecular flexibility index (Phi) is 4.78. The maximum atomic E-state index is 12.4. The quantitative estimate of drug-likeness (QED) is 0.779. The Labute approximate surface area is 99.4 Å². The van der Waals surface area contributed by atoms with E-state index in [4.69, 9.17) is 5.73 Å². The van der Waals surface area contributed by atoms with Crippen LogP contribution in [0, 0.1) is 11.3 Å². The molecule has 0 aliphatic heterocycles. The second-order valence-electron chi connectivity index (χ2n) is 5.60. The van der Waals surface area contributed by atoms with Gasteiger partial charge in [-0.05, 0) is 25.2 Å². The first-order valence-electron chi connectivity index (χ1n) is 6.47. The fourth-order valence-electron chi connectivity index (χ4n) is 2.52.